The number of benzene rings is 4. The molecule has 190 valence electrons. The molecule has 0 fully saturated rings. The third-order valence-electron chi connectivity index (χ3n) is 5.05. The lowest BCUT2D eigenvalue weighted by atomic mass is 10.3. The average Bonchev–Trinajstić information content (AvgIpc) is 2.90. The van der Waals surface area contributed by atoms with Gasteiger partial charge in [-0.3, -0.25) is 9.52 Å². The number of carbonyl (C=O) groups is 1. The van der Waals surface area contributed by atoms with Gasteiger partial charge in [-0.1, -0.05) is 53.7 Å². The maximum Gasteiger partial charge on any atom is 0.262 e. The van der Waals surface area contributed by atoms with Crippen molar-refractivity contribution in [1.29, 1.82) is 0 Å². The largest absolute Gasteiger partial charge is 0.497 e. The first kappa shape index (κ1) is 26.4. The van der Waals surface area contributed by atoms with E-state index in [9.17, 15) is 13.2 Å². The fourth-order valence-electron chi connectivity index (χ4n) is 3.24. The van der Waals surface area contributed by atoms with Gasteiger partial charge in [0.05, 0.1) is 22.7 Å². The van der Waals surface area contributed by atoms with E-state index in [-0.39, 0.29) is 28.2 Å². The van der Waals surface area contributed by atoms with Crippen LogP contribution in [0.5, 0.6) is 11.5 Å². The molecule has 2 N–H and O–H groups in total. The molecule has 10 heteroatoms. The summed E-state index contributed by atoms with van der Waals surface area (Å²) in [4.78, 5) is 14.5. The zero-order valence-electron chi connectivity index (χ0n) is 19.7. The number of ether oxygens (including phenoxy) is 2. The molecule has 0 heterocycles. The van der Waals surface area contributed by atoms with Crippen LogP contribution in [-0.2, 0) is 14.8 Å². The molecule has 7 nitrogen and oxygen atoms in total. The minimum absolute atomic E-state index is 0.0445. The van der Waals surface area contributed by atoms with Crippen molar-refractivity contribution in [3.8, 4) is 11.5 Å². The Morgan fingerprint density at radius 3 is 2.32 bits per heavy atom. The highest BCUT2D eigenvalue weighted by Crippen LogP contribution is 2.33. The lowest BCUT2D eigenvalue weighted by Gasteiger charge is -2.13. The third kappa shape index (κ3) is 7.19. The highest BCUT2D eigenvalue weighted by atomic mass is 35.5. The van der Waals surface area contributed by atoms with E-state index in [2.05, 4.69) is 10.0 Å². The van der Waals surface area contributed by atoms with Crippen LogP contribution in [0.3, 0.4) is 0 Å². The number of carbonyl (C=O) groups excluding carboxylic acids is 1. The molecule has 0 saturated heterocycles. The predicted molar refractivity (Wildman–Crippen MR) is 146 cm³/mol. The molecule has 4 rings (SSSR count). The van der Waals surface area contributed by atoms with Crippen LogP contribution in [0.15, 0.2) is 112 Å². The fourth-order valence-corrected chi connectivity index (χ4v) is 5.55. The number of para-hydroxylation sites is 1. The number of sulfonamides is 1. The van der Waals surface area contributed by atoms with Crippen molar-refractivity contribution in [2.45, 2.75) is 14.7 Å². The van der Waals surface area contributed by atoms with Crippen LogP contribution in [0.4, 0.5) is 11.4 Å². The van der Waals surface area contributed by atoms with E-state index in [1.807, 2.05) is 54.6 Å². The lowest BCUT2D eigenvalue weighted by Crippen LogP contribution is -2.20. The molecule has 0 bridgehead atoms. The van der Waals surface area contributed by atoms with Gasteiger partial charge in [-0.15, -0.1) is 0 Å². The Morgan fingerprint density at radius 2 is 1.62 bits per heavy atom. The van der Waals surface area contributed by atoms with Gasteiger partial charge < -0.3 is 14.8 Å². The first-order chi connectivity index (χ1) is 17.8. The molecule has 4 aromatic rings. The number of nitrogens with one attached hydrogen (secondary N) is 2. The molecular formula is C27H23ClN2O5S2. The van der Waals surface area contributed by atoms with Crippen molar-refractivity contribution < 1.29 is 22.7 Å². The fraction of sp³-hybridized carbons (Fsp3) is 0.0741. The molecule has 0 aliphatic carbocycles. The first-order valence-corrected chi connectivity index (χ1v) is 13.7. The number of halogens is 1. The van der Waals surface area contributed by atoms with Crippen molar-refractivity contribution in [2.24, 2.45) is 0 Å². The van der Waals surface area contributed by atoms with Crippen LogP contribution < -0.4 is 19.5 Å². The normalized spacial score (nSPS) is 11.0. The monoisotopic (exact) mass is 554 g/mol. The van der Waals surface area contributed by atoms with Crippen molar-refractivity contribution in [3.05, 3.63) is 102 Å². The van der Waals surface area contributed by atoms with Gasteiger partial charge in [0, 0.05) is 15.5 Å². The second-order valence-electron chi connectivity index (χ2n) is 7.67. The van der Waals surface area contributed by atoms with Gasteiger partial charge in [0.15, 0.2) is 6.61 Å². The summed E-state index contributed by atoms with van der Waals surface area (Å²) >= 11 is 7.80. The molecule has 0 aromatic heterocycles. The molecule has 0 saturated carbocycles. The quantitative estimate of drug-likeness (QED) is 0.238. The highest BCUT2D eigenvalue weighted by Gasteiger charge is 2.17. The van der Waals surface area contributed by atoms with Gasteiger partial charge in [0.1, 0.15) is 11.5 Å². The molecular weight excluding hydrogens is 532 g/mol. The van der Waals surface area contributed by atoms with Crippen molar-refractivity contribution in [3.63, 3.8) is 0 Å². The molecule has 0 radical (unpaired) electrons. The second kappa shape index (κ2) is 12.1. The van der Waals surface area contributed by atoms with Crippen LogP contribution >= 0.6 is 23.4 Å². The Kier molecular flexibility index (Phi) is 8.60. The number of rotatable bonds is 10. The predicted octanol–water partition coefficient (Wildman–Crippen LogP) is 6.32. The minimum Gasteiger partial charge on any atom is -0.497 e. The smallest absolute Gasteiger partial charge is 0.262 e. The Hall–Kier alpha value is -3.66. The van der Waals surface area contributed by atoms with Crippen molar-refractivity contribution >= 4 is 50.7 Å². The molecule has 0 unspecified atom stereocenters. The first-order valence-electron chi connectivity index (χ1n) is 11.0. The van der Waals surface area contributed by atoms with E-state index in [0.717, 1.165) is 9.79 Å². The maximum atomic E-state index is 12.7. The summed E-state index contributed by atoms with van der Waals surface area (Å²) in [5.74, 6) is 0.414. The van der Waals surface area contributed by atoms with Gasteiger partial charge in [0.25, 0.3) is 15.9 Å². The molecule has 0 spiro atoms. The van der Waals surface area contributed by atoms with E-state index >= 15 is 0 Å². The van der Waals surface area contributed by atoms with E-state index in [4.69, 9.17) is 21.1 Å². The highest BCUT2D eigenvalue weighted by molar-refractivity contribution is 7.99. The molecule has 4 aromatic carbocycles. The molecule has 37 heavy (non-hydrogen) atoms. The number of hydrogen-bond donors (Lipinski definition) is 2. The van der Waals surface area contributed by atoms with Gasteiger partial charge in [-0.25, -0.2) is 8.42 Å². The maximum absolute atomic E-state index is 12.7. The summed E-state index contributed by atoms with van der Waals surface area (Å²) in [6.07, 6.45) is 0. The Labute approximate surface area is 224 Å². The average molecular weight is 555 g/mol. The summed E-state index contributed by atoms with van der Waals surface area (Å²) in [6.45, 7) is -0.305. The number of anilines is 2. The number of hydrogen-bond acceptors (Lipinski definition) is 6. The van der Waals surface area contributed by atoms with Crippen LogP contribution in [0.1, 0.15) is 0 Å². The van der Waals surface area contributed by atoms with Crippen LogP contribution in [0.2, 0.25) is 5.02 Å². The Bertz CT molecular complexity index is 1480. The Morgan fingerprint density at radius 1 is 0.919 bits per heavy atom. The van der Waals surface area contributed by atoms with E-state index in [1.54, 1.807) is 24.3 Å². The topological polar surface area (TPSA) is 93.7 Å². The molecule has 0 aliphatic heterocycles. The van der Waals surface area contributed by atoms with Gasteiger partial charge in [-0.05, 0) is 66.7 Å². The van der Waals surface area contributed by atoms with Gasteiger partial charge in [0.2, 0.25) is 0 Å². The van der Waals surface area contributed by atoms with E-state index in [0.29, 0.717) is 17.1 Å². The zero-order valence-corrected chi connectivity index (χ0v) is 22.1. The molecule has 1 amide bonds. The minimum atomic E-state index is -3.89. The van der Waals surface area contributed by atoms with E-state index in [1.165, 1.54) is 37.1 Å². The van der Waals surface area contributed by atoms with Crippen LogP contribution in [0.25, 0.3) is 0 Å². The van der Waals surface area contributed by atoms with Crippen molar-refractivity contribution in [2.75, 3.05) is 23.8 Å². The Balaban J connectivity index is 1.38. The number of methoxy groups -OCH3 is 1. The molecule has 0 aliphatic rings. The third-order valence-corrected chi connectivity index (χ3v) is 7.80. The van der Waals surface area contributed by atoms with Crippen LogP contribution in [0, 0.1) is 0 Å². The van der Waals surface area contributed by atoms with E-state index < -0.39 is 10.0 Å². The standard InChI is InChI=1S/C27H23ClN2O5S2/c1-34-20-13-11-19(12-14-20)30-37(32,33)22-15-16-25(23(28)17-22)35-18-27(31)29-24-9-5-6-10-26(24)36-21-7-3-2-4-8-21/h2-17,30H,18H2,1H3,(H,29,31). The lowest BCUT2D eigenvalue weighted by molar-refractivity contribution is -0.118. The van der Waals surface area contributed by atoms with Crippen LogP contribution in [-0.4, -0.2) is 28.0 Å². The summed E-state index contributed by atoms with van der Waals surface area (Å²) in [6, 6.07) is 27.8. The summed E-state index contributed by atoms with van der Waals surface area (Å²) < 4.78 is 38.6. The van der Waals surface area contributed by atoms with Gasteiger partial charge in [-0.2, -0.15) is 0 Å². The summed E-state index contributed by atoms with van der Waals surface area (Å²) in [5.41, 5.74) is 1.03. The number of amides is 1. The zero-order chi connectivity index (χ0) is 26.3. The van der Waals surface area contributed by atoms with Gasteiger partial charge >= 0.3 is 0 Å². The SMILES string of the molecule is COc1ccc(NS(=O)(=O)c2ccc(OCC(=O)Nc3ccccc3Sc3ccccc3)c(Cl)c2)cc1. The summed E-state index contributed by atoms with van der Waals surface area (Å²) in [5, 5.41) is 2.91. The molecule has 0 atom stereocenters. The second-order valence-corrected chi connectivity index (χ2v) is 10.9. The van der Waals surface area contributed by atoms with Crippen molar-refractivity contribution in [1.82, 2.24) is 0 Å². The summed E-state index contributed by atoms with van der Waals surface area (Å²) in [7, 11) is -2.36.